The fraction of sp³-hybridized carbons (Fsp3) is 0.735. The van der Waals surface area contributed by atoms with Crippen molar-refractivity contribution >= 4 is 5.97 Å². The van der Waals surface area contributed by atoms with Crippen LogP contribution in [0, 0.1) is 23.6 Å². The van der Waals surface area contributed by atoms with Gasteiger partial charge in [0, 0.05) is 18.6 Å². The van der Waals surface area contributed by atoms with Gasteiger partial charge in [-0.05, 0) is 111 Å². The maximum atomic E-state index is 15.3. The van der Waals surface area contributed by atoms with E-state index in [0.717, 1.165) is 49.0 Å². The topological polar surface area (TPSA) is 46.5 Å². The molecule has 3 fully saturated rings. The molecule has 4 heteroatoms. The normalized spacial score (nSPS) is 30.1. The molecule has 4 rings (SSSR count). The minimum absolute atomic E-state index is 0.0530. The quantitative estimate of drug-likeness (QED) is 0.178. The van der Waals surface area contributed by atoms with Crippen molar-refractivity contribution in [2.24, 2.45) is 17.8 Å². The summed E-state index contributed by atoms with van der Waals surface area (Å²) in [5.41, 5.74) is 2.33. The largest absolute Gasteiger partial charge is 0.459 e. The predicted octanol–water partition coefficient (Wildman–Crippen LogP) is 8.99. The molecule has 0 radical (unpaired) electrons. The van der Waals surface area contributed by atoms with Gasteiger partial charge < -0.3 is 9.84 Å². The number of benzene rings is 1. The number of aliphatic hydroxyl groups is 1. The van der Waals surface area contributed by atoms with Gasteiger partial charge in [-0.3, -0.25) is 0 Å². The highest BCUT2D eigenvalue weighted by Crippen LogP contribution is 2.45. The smallest absolute Gasteiger partial charge is 0.333 e. The Labute approximate surface area is 230 Å². The minimum Gasteiger partial charge on any atom is -0.459 e. The molecule has 1 aromatic rings. The Kier molecular flexibility index (Phi) is 11.3. The third-order valence-electron chi connectivity index (χ3n) is 10.1. The molecule has 3 nitrogen and oxygen atoms in total. The average Bonchev–Trinajstić information content (AvgIpc) is 2.94. The van der Waals surface area contributed by atoms with E-state index in [2.05, 4.69) is 19.6 Å². The van der Waals surface area contributed by atoms with Crippen LogP contribution in [0.3, 0.4) is 0 Å². The third-order valence-corrected chi connectivity index (χ3v) is 10.1. The van der Waals surface area contributed by atoms with Crippen LogP contribution in [-0.4, -0.2) is 23.8 Å². The molecule has 1 N–H and O–H groups in total. The van der Waals surface area contributed by atoms with Crippen molar-refractivity contribution in [2.45, 2.75) is 134 Å². The molecule has 0 aliphatic heterocycles. The molecule has 0 bridgehead atoms. The summed E-state index contributed by atoms with van der Waals surface area (Å²) in [6, 6.07) is 6.05. The lowest BCUT2D eigenvalue weighted by molar-refractivity contribution is -0.146. The number of aliphatic hydroxyl groups excluding tert-OH is 1. The maximum Gasteiger partial charge on any atom is 0.333 e. The monoisotopic (exact) mass is 526 g/mol. The van der Waals surface area contributed by atoms with Crippen molar-refractivity contribution < 1.29 is 19.0 Å². The van der Waals surface area contributed by atoms with Gasteiger partial charge in [0.25, 0.3) is 0 Å². The van der Waals surface area contributed by atoms with Gasteiger partial charge in [-0.1, -0.05) is 64.2 Å². The summed E-state index contributed by atoms with van der Waals surface area (Å²) in [6.45, 7) is 5.89. The van der Waals surface area contributed by atoms with E-state index in [9.17, 15) is 4.79 Å². The summed E-state index contributed by atoms with van der Waals surface area (Å²) in [6.07, 6.45) is 19.7. The lowest BCUT2D eigenvalue weighted by Crippen LogP contribution is -2.25. The number of hydrogen-bond acceptors (Lipinski definition) is 3. The summed E-state index contributed by atoms with van der Waals surface area (Å²) < 4.78 is 20.8. The molecule has 38 heavy (non-hydrogen) atoms. The molecule has 0 atom stereocenters. The van der Waals surface area contributed by atoms with Crippen molar-refractivity contribution in [3.8, 4) is 0 Å². The molecular weight excluding hydrogens is 475 g/mol. The van der Waals surface area contributed by atoms with E-state index in [0.29, 0.717) is 11.5 Å². The molecule has 0 aromatic heterocycles. The first-order chi connectivity index (χ1) is 18.5. The Morgan fingerprint density at radius 2 is 1.55 bits per heavy atom. The van der Waals surface area contributed by atoms with Gasteiger partial charge in [0.1, 0.15) is 11.9 Å². The first-order valence-corrected chi connectivity index (χ1v) is 15.8. The maximum absolute atomic E-state index is 15.3. The number of carbonyl (C=O) groups excluding carboxylic acids is 1. The fourth-order valence-corrected chi connectivity index (χ4v) is 7.65. The van der Waals surface area contributed by atoms with Crippen molar-refractivity contribution in [2.75, 3.05) is 6.61 Å². The summed E-state index contributed by atoms with van der Waals surface area (Å²) in [5, 5.41) is 8.98. The van der Waals surface area contributed by atoms with E-state index < -0.39 is 5.97 Å². The molecule has 0 spiro atoms. The van der Waals surface area contributed by atoms with E-state index in [1.165, 1.54) is 82.6 Å². The molecule has 0 heterocycles. The number of esters is 1. The summed E-state index contributed by atoms with van der Waals surface area (Å²) in [5.74, 6) is 3.02. The van der Waals surface area contributed by atoms with Crippen LogP contribution < -0.4 is 0 Å². The van der Waals surface area contributed by atoms with E-state index in [1.54, 1.807) is 0 Å². The van der Waals surface area contributed by atoms with Gasteiger partial charge in [-0.25, -0.2) is 9.18 Å². The molecule has 1 aromatic carbocycles. The third kappa shape index (κ3) is 7.93. The van der Waals surface area contributed by atoms with Crippen molar-refractivity contribution in [1.29, 1.82) is 0 Å². The van der Waals surface area contributed by atoms with Crippen LogP contribution in [0.15, 0.2) is 30.4 Å². The molecule has 212 valence electrons. The molecule has 0 amide bonds. The second-order valence-corrected chi connectivity index (χ2v) is 12.6. The Morgan fingerprint density at radius 3 is 2.16 bits per heavy atom. The van der Waals surface area contributed by atoms with Crippen LogP contribution in [0.25, 0.3) is 0 Å². The zero-order valence-electron chi connectivity index (χ0n) is 23.8. The standard InChI is InChI=1S/C34H51FO3/c1-3-4-5-6-25-7-9-26(10-8-25)27-11-13-28(14-12-27)30-17-20-32(33(35)23-30)29-15-18-31(19-16-29)38-34(37)24(2)21-22-36/h17,20,23,25-29,31,36H,2-16,18-19,21-22H2,1H3. The SMILES string of the molecule is C=C(CCO)C(=O)OC1CCC(c2ccc(C3CCC(C4CCC(CCCCC)CC4)CC3)cc2F)CC1. The Hall–Kier alpha value is -1.68. The second kappa shape index (κ2) is 14.6. The molecule has 0 saturated heterocycles. The first kappa shape index (κ1) is 29.3. The number of carbonyl (C=O) groups is 1. The van der Waals surface area contributed by atoms with Crippen LogP contribution in [0.4, 0.5) is 4.39 Å². The van der Waals surface area contributed by atoms with Gasteiger partial charge in [0.05, 0.1) is 0 Å². The number of rotatable bonds is 11. The first-order valence-electron chi connectivity index (χ1n) is 15.8. The summed E-state index contributed by atoms with van der Waals surface area (Å²) in [4.78, 5) is 12.1. The molecule has 3 aliphatic carbocycles. The second-order valence-electron chi connectivity index (χ2n) is 12.6. The Morgan fingerprint density at radius 1 is 0.921 bits per heavy atom. The van der Waals surface area contributed by atoms with Crippen LogP contribution in [0.1, 0.15) is 139 Å². The summed E-state index contributed by atoms with van der Waals surface area (Å²) in [7, 11) is 0. The van der Waals surface area contributed by atoms with E-state index in [4.69, 9.17) is 9.84 Å². The van der Waals surface area contributed by atoms with Gasteiger partial charge in [-0.2, -0.15) is 0 Å². The zero-order chi connectivity index (χ0) is 26.9. The summed E-state index contributed by atoms with van der Waals surface area (Å²) >= 11 is 0. The highest BCUT2D eigenvalue weighted by atomic mass is 19.1. The Bertz CT molecular complexity index is 887. The zero-order valence-corrected chi connectivity index (χ0v) is 23.8. The van der Waals surface area contributed by atoms with Gasteiger partial charge in [0.2, 0.25) is 0 Å². The average molecular weight is 527 g/mol. The van der Waals surface area contributed by atoms with Crippen molar-refractivity contribution in [3.63, 3.8) is 0 Å². The van der Waals surface area contributed by atoms with Gasteiger partial charge in [-0.15, -0.1) is 0 Å². The molecular formula is C34H51FO3. The van der Waals surface area contributed by atoms with Crippen molar-refractivity contribution in [3.05, 3.63) is 47.3 Å². The minimum atomic E-state index is -0.414. The Balaban J connectivity index is 1.21. The highest BCUT2D eigenvalue weighted by molar-refractivity contribution is 5.87. The van der Waals surface area contributed by atoms with Gasteiger partial charge >= 0.3 is 5.97 Å². The lowest BCUT2D eigenvalue weighted by Gasteiger charge is -2.38. The van der Waals surface area contributed by atoms with Crippen LogP contribution in [0.2, 0.25) is 0 Å². The lowest BCUT2D eigenvalue weighted by atomic mass is 9.68. The van der Waals surface area contributed by atoms with E-state index in [-0.39, 0.29) is 30.9 Å². The van der Waals surface area contributed by atoms with Crippen LogP contribution in [0.5, 0.6) is 0 Å². The number of halogens is 1. The predicted molar refractivity (Wildman–Crippen MR) is 153 cm³/mol. The number of unbranched alkanes of at least 4 members (excludes halogenated alkanes) is 2. The number of ether oxygens (including phenoxy) is 1. The number of hydrogen-bond donors (Lipinski definition) is 1. The molecule has 0 unspecified atom stereocenters. The van der Waals surface area contributed by atoms with Crippen LogP contribution >= 0.6 is 0 Å². The van der Waals surface area contributed by atoms with Crippen LogP contribution in [-0.2, 0) is 9.53 Å². The van der Waals surface area contributed by atoms with Gasteiger partial charge in [0.15, 0.2) is 0 Å². The van der Waals surface area contributed by atoms with E-state index in [1.807, 2.05) is 12.1 Å². The van der Waals surface area contributed by atoms with Crippen molar-refractivity contribution in [1.82, 2.24) is 0 Å². The fourth-order valence-electron chi connectivity index (χ4n) is 7.65. The van der Waals surface area contributed by atoms with E-state index >= 15 is 4.39 Å². The molecule has 3 aliphatic rings. The highest BCUT2D eigenvalue weighted by Gasteiger charge is 2.32. The molecule has 3 saturated carbocycles.